The lowest BCUT2D eigenvalue weighted by Gasteiger charge is -2.31. The van der Waals surface area contributed by atoms with Gasteiger partial charge in [0, 0.05) is 6.92 Å². The number of methoxy groups -OCH3 is 1. The second-order valence-electron chi connectivity index (χ2n) is 8.80. The maximum Gasteiger partial charge on any atom is 0.416 e. The number of alkyl halides is 3. The van der Waals surface area contributed by atoms with E-state index in [0.29, 0.717) is 12.8 Å². The molecular weight excluding hydrogens is 533 g/mol. The number of allylic oxidation sites excluding steroid dienone is 1. The third-order valence-electron chi connectivity index (χ3n) is 5.97. The summed E-state index contributed by atoms with van der Waals surface area (Å²) in [4.78, 5) is 41.0. The second-order valence-corrected chi connectivity index (χ2v) is 8.80. The third-order valence-corrected chi connectivity index (χ3v) is 5.97. The molecule has 0 aromatic heterocycles. The number of nitrogens with zero attached hydrogens (tertiary/aromatic N) is 1. The summed E-state index contributed by atoms with van der Waals surface area (Å²) >= 11 is 0. The molecule has 3 atom stereocenters. The minimum atomic E-state index is -4.48. The zero-order valence-corrected chi connectivity index (χ0v) is 23.8. The van der Waals surface area contributed by atoms with E-state index in [2.05, 4.69) is 17.0 Å². The fourth-order valence-corrected chi connectivity index (χ4v) is 3.83. The first-order chi connectivity index (χ1) is 18.7. The van der Waals surface area contributed by atoms with Crippen LogP contribution in [0.2, 0.25) is 0 Å². The lowest BCUT2D eigenvalue weighted by Crippen LogP contribution is -2.45. The van der Waals surface area contributed by atoms with E-state index in [0.717, 1.165) is 19.1 Å². The first kappa shape index (κ1) is 34.2. The minimum absolute atomic E-state index is 0.0463. The summed E-state index contributed by atoms with van der Waals surface area (Å²) in [6.07, 6.45) is -3.24. The number of amides is 1. The molecule has 0 aliphatic heterocycles. The number of ether oxygens (including phenoxy) is 4. The van der Waals surface area contributed by atoms with Gasteiger partial charge in [-0.3, -0.25) is 14.6 Å². The molecule has 1 rings (SSSR count). The van der Waals surface area contributed by atoms with Crippen molar-refractivity contribution in [2.45, 2.75) is 78.8 Å². The third kappa shape index (κ3) is 9.73. The molecule has 0 aliphatic rings. The molecule has 40 heavy (non-hydrogen) atoms. The number of halogens is 3. The van der Waals surface area contributed by atoms with Gasteiger partial charge in [0.05, 0.1) is 12.7 Å². The quantitative estimate of drug-likeness (QED) is 0.105. The highest BCUT2D eigenvalue weighted by molar-refractivity contribution is 5.97. The largest absolute Gasteiger partial charge is 0.493 e. The van der Waals surface area contributed by atoms with E-state index >= 15 is 0 Å². The van der Waals surface area contributed by atoms with Crippen LogP contribution in [0.1, 0.15) is 59.9 Å². The van der Waals surface area contributed by atoms with Crippen LogP contribution in [0, 0.1) is 5.92 Å². The number of carbonyl (C=O) groups is 3. The molecule has 0 fully saturated rings. The van der Waals surface area contributed by atoms with E-state index in [4.69, 9.17) is 18.9 Å². The fourth-order valence-electron chi connectivity index (χ4n) is 3.83. The van der Waals surface area contributed by atoms with Crippen molar-refractivity contribution in [2.24, 2.45) is 10.9 Å². The monoisotopic (exact) mass is 570 g/mol. The smallest absolute Gasteiger partial charge is 0.416 e. The Bertz CT molecular complexity index is 1090. The predicted molar refractivity (Wildman–Crippen MR) is 142 cm³/mol. The van der Waals surface area contributed by atoms with Crippen molar-refractivity contribution in [1.29, 1.82) is 0 Å². The highest BCUT2D eigenvalue weighted by Crippen LogP contribution is 2.31. The molecule has 1 amide bonds. The van der Waals surface area contributed by atoms with Crippen LogP contribution < -0.4 is 10.1 Å². The van der Waals surface area contributed by atoms with Gasteiger partial charge in [-0.1, -0.05) is 13.8 Å². The molecule has 0 bridgehead atoms. The molecular formula is C28H37F3N2O7. The predicted octanol–water partition coefficient (Wildman–Crippen LogP) is 5.35. The lowest BCUT2D eigenvalue weighted by atomic mass is 9.93. The summed E-state index contributed by atoms with van der Waals surface area (Å²) in [6.45, 7) is 12.9. The Morgan fingerprint density at radius 2 is 1.68 bits per heavy atom. The number of aliphatic imine (C=N–C) groups is 1. The van der Waals surface area contributed by atoms with Gasteiger partial charge >= 0.3 is 18.1 Å². The molecule has 0 heterocycles. The number of rotatable bonds is 14. The highest BCUT2D eigenvalue weighted by Gasteiger charge is 2.33. The Morgan fingerprint density at radius 1 is 1.10 bits per heavy atom. The number of hydrogen-bond donors (Lipinski definition) is 1. The Balaban J connectivity index is 3.11. The van der Waals surface area contributed by atoms with Gasteiger partial charge in [-0.25, -0.2) is 4.79 Å². The maximum atomic E-state index is 12.9. The van der Waals surface area contributed by atoms with Crippen LogP contribution >= 0.6 is 0 Å². The minimum Gasteiger partial charge on any atom is -0.493 e. The van der Waals surface area contributed by atoms with Crippen LogP contribution in [0.3, 0.4) is 0 Å². The molecule has 1 N–H and O–H groups in total. The van der Waals surface area contributed by atoms with Crippen molar-refractivity contribution in [1.82, 2.24) is 5.32 Å². The fraction of sp³-hybridized carbons (Fsp3) is 0.500. The van der Waals surface area contributed by atoms with E-state index in [9.17, 15) is 27.6 Å². The molecule has 0 unspecified atom stereocenters. The van der Waals surface area contributed by atoms with E-state index < -0.39 is 53.5 Å². The molecule has 9 nitrogen and oxygen atoms in total. The van der Waals surface area contributed by atoms with Gasteiger partial charge in [-0.15, -0.1) is 0 Å². The van der Waals surface area contributed by atoms with Gasteiger partial charge in [0.25, 0.3) is 5.91 Å². The normalized spacial score (nSPS) is 14.8. The topological polar surface area (TPSA) is 113 Å². The van der Waals surface area contributed by atoms with Gasteiger partial charge in [0.15, 0.2) is 11.5 Å². The summed E-state index contributed by atoms with van der Waals surface area (Å²) in [6, 6.07) is 3.09. The summed E-state index contributed by atoms with van der Waals surface area (Å²) in [5, 5.41) is 2.43. The van der Waals surface area contributed by atoms with E-state index in [-0.39, 0.29) is 23.2 Å². The Labute approximate surface area is 232 Å². The number of carbonyl (C=O) groups excluding carboxylic acids is 3. The van der Waals surface area contributed by atoms with Crippen LogP contribution in [0.5, 0.6) is 5.75 Å². The Hall–Kier alpha value is -3.83. The number of hydrogen-bond acceptors (Lipinski definition) is 8. The van der Waals surface area contributed by atoms with Gasteiger partial charge in [-0.05, 0) is 76.6 Å². The van der Waals surface area contributed by atoms with Gasteiger partial charge in [0.1, 0.15) is 24.0 Å². The van der Waals surface area contributed by atoms with Crippen molar-refractivity contribution in [2.75, 3.05) is 7.11 Å². The zero-order valence-electron chi connectivity index (χ0n) is 23.8. The summed E-state index contributed by atoms with van der Waals surface area (Å²) in [7, 11) is 1.31. The standard InChI is InChI=1S/C28H37F3N2O7/c1-9-19(10-2)24(40-21-14-12-20(13-15-21)28(29,30)31)17(5)38-27(36)16(4)33-26(35)23(32-7)25(39-18(6)34)22(11-3)37-8/h11-17,19,24H,7,9-10H2,1-6,8H3,(H,33,35)/b22-11+,25-23+/t16-,17-,24-/m0/s1. The highest BCUT2D eigenvalue weighted by atomic mass is 19.4. The first-order valence-electron chi connectivity index (χ1n) is 12.7. The van der Waals surface area contributed by atoms with E-state index in [1.54, 1.807) is 13.8 Å². The van der Waals surface area contributed by atoms with Crippen LogP contribution in [0.4, 0.5) is 13.2 Å². The molecule has 0 saturated heterocycles. The average molecular weight is 571 g/mol. The number of benzene rings is 1. The molecule has 222 valence electrons. The first-order valence-corrected chi connectivity index (χ1v) is 12.7. The summed E-state index contributed by atoms with van der Waals surface area (Å²) in [5.74, 6) is -2.55. The van der Waals surface area contributed by atoms with Crippen LogP contribution in [0.15, 0.2) is 52.5 Å². The van der Waals surface area contributed by atoms with Crippen molar-refractivity contribution in [3.05, 3.63) is 53.1 Å². The van der Waals surface area contributed by atoms with Gasteiger partial charge in [-0.2, -0.15) is 13.2 Å². The molecule has 1 aromatic carbocycles. The number of esters is 2. The molecule has 0 spiro atoms. The van der Waals surface area contributed by atoms with E-state index in [1.165, 1.54) is 32.2 Å². The zero-order chi connectivity index (χ0) is 30.6. The van der Waals surface area contributed by atoms with Crippen molar-refractivity contribution >= 4 is 24.6 Å². The Morgan fingerprint density at radius 3 is 2.10 bits per heavy atom. The van der Waals surface area contributed by atoms with Crippen molar-refractivity contribution in [3.63, 3.8) is 0 Å². The molecule has 0 aliphatic carbocycles. The molecule has 12 heteroatoms. The summed E-state index contributed by atoms with van der Waals surface area (Å²) < 4.78 is 60.6. The molecule has 0 radical (unpaired) electrons. The average Bonchev–Trinajstić information content (AvgIpc) is 2.89. The maximum absolute atomic E-state index is 12.9. The van der Waals surface area contributed by atoms with Gasteiger partial charge < -0.3 is 24.3 Å². The van der Waals surface area contributed by atoms with Gasteiger partial charge in [0.2, 0.25) is 5.76 Å². The summed E-state index contributed by atoms with van der Waals surface area (Å²) in [5.41, 5.74) is -1.20. The van der Waals surface area contributed by atoms with E-state index in [1.807, 2.05) is 13.8 Å². The van der Waals surface area contributed by atoms with Crippen molar-refractivity contribution in [3.8, 4) is 5.75 Å². The second kappa shape index (κ2) is 15.7. The number of nitrogens with one attached hydrogen (secondary N) is 1. The van der Waals surface area contributed by atoms with Crippen LogP contribution in [-0.4, -0.2) is 49.9 Å². The Kier molecular flexibility index (Phi) is 13.4. The molecule has 0 saturated carbocycles. The lowest BCUT2D eigenvalue weighted by molar-refractivity contribution is -0.157. The van der Waals surface area contributed by atoms with Crippen molar-refractivity contribution < 1.29 is 46.5 Å². The van der Waals surface area contributed by atoms with Crippen LogP contribution in [0.25, 0.3) is 0 Å². The van der Waals surface area contributed by atoms with Crippen LogP contribution in [-0.2, 0) is 34.8 Å². The SMILES string of the molecule is C=N/C(C(=O)N[C@@H](C)C(=O)O[C@@H](C)[C@H](Oc1ccc(C(F)(F)F)cc1)C(CC)CC)=C(OC(C)=O)\C(=C/C)OC. The molecule has 1 aromatic rings.